The summed E-state index contributed by atoms with van der Waals surface area (Å²) >= 11 is 6.04. The molecule has 0 bridgehead atoms. The molecular formula is C13H15ClFN3. The molecule has 0 amide bonds. The van der Waals surface area contributed by atoms with Gasteiger partial charge in [0.2, 0.25) is 5.28 Å². The SMILES string of the molecule is Cc1ccc(-n2c(Cl)nnc2C(C)(C)C)cc1F. The molecule has 0 aliphatic heterocycles. The number of benzene rings is 1. The molecule has 0 radical (unpaired) electrons. The smallest absolute Gasteiger partial charge is 0.229 e. The van der Waals surface area contributed by atoms with Gasteiger partial charge in [-0.05, 0) is 36.2 Å². The molecule has 0 saturated carbocycles. The van der Waals surface area contributed by atoms with Gasteiger partial charge in [0, 0.05) is 5.41 Å². The number of hydrogen-bond donors (Lipinski definition) is 0. The van der Waals surface area contributed by atoms with Crippen LogP contribution in [0.5, 0.6) is 0 Å². The van der Waals surface area contributed by atoms with Crippen LogP contribution in [0.15, 0.2) is 18.2 Å². The van der Waals surface area contributed by atoms with E-state index in [1.165, 1.54) is 6.07 Å². The Hall–Kier alpha value is -1.42. The fourth-order valence-corrected chi connectivity index (χ4v) is 1.92. The summed E-state index contributed by atoms with van der Waals surface area (Å²) < 4.78 is 15.3. The second-order valence-corrected chi connectivity index (χ2v) is 5.65. The lowest BCUT2D eigenvalue weighted by Gasteiger charge is -2.19. The van der Waals surface area contributed by atoms with E-state index in [1.807, 2.05) is 26.8 Å². The molecule has 0 aliphatic carbocycles. The van der Waals surface area contributed by atoms with Crippen molar-refractivity contribution in [3.63, 3.8) is 0 Å². The van der Waals surface area contributed by atoms with Gasteiger partial charge in [-0.3, -0.25) is 4.57 Å². The van der Waals surface area contributed by atoms with Gasteiger partial charge in [0.05, 0.1) is 5.69 Å². The zero-order valence-electron chi connectivity index (χ0n) is 10.8. The topological polar surface area (TPSA) is 30.7 Å². The molecule has 1 heterocycles. The van der Waals surface area contributed by atoms with Crippen LogP contribution in [0.1, 0.15) is 32.2 Å². The highest BCUT2D eigenvalue weighted by Crippen LogP contribution is 2.27. The molecule has 1 aromatic heterocycles. The van der Waals surface area contributed by atoms with E-state index in [2.05, 4.69) is 10.2 Å². The molecule has 0 unspecified atom stereocenters. The van der Waals surface area contributed by atoms with Crippen molar-refractivity contribution in [2.75, 3.05) is 0 Å². The first-order valence-electron chi connectivity index (χ1n) is 5.68. The molecule has 2 rings (SSSR count). The molecule has 2 aromatic rings. The minimum absolute atomic E-state index is 0.221. The molecule has 1 aromatic carbocycles. The number of hydrogen-bond acceptors (Lipinski definition) is 2. The highest BCUT2D eigenvalue weighted by Gasteiger charge is 2.24. The highest BCUT2D eigenvalue weighted by molar-refractivity contribution is 6.28. The number of rotatable bonds is 1. The second kappa shape index (κ2) is 4.35. The summed E-state index contributed by atoms with van der Waals surface area (Å²) in [5, 5.41) is 8.18. The molecule has 0 N–H and O–H groups in total. The van der Waals surface area contributed by atoms with Crippen LogP contribution in [-0.2, 0) is 5.41 Å². The van der Waals surface area contributed by atoms with Crippen molar-refractivity contribution in [3.05, 3.63) is 40.7 Å². The summed E-state index contributed by atoms with van der Waals surface area (Å²) in [7, 11) is 0. The maximum Gasteiger partial charge on any atom is 0.229 e. The summed E-state index contributed by atoms with van der Waals surface area (Å²) in [4.78, 5) is 0. The average Bonchev–Trinajstić information content (AvgIpc) is 2.64. The normalized spacial score (nSPS) is 11.9. The molecule has 3 nitrogen and oxygen atoms in total. The minimum Gasteiger partial charge on any atom is -0.269 e. The molecule has 0 aliphatic rings. The van der Waals surface area contributed by atoms with Crippen molar-refractivity contribution in [2.45, 2.75) is 33.1 Å². The van der Waals surface area contributed by atoms with Gasteiger partial charge >= 0.3 is 0 Å². The Labute approximate surface area is 111 Å². The van der Waals surface area contributed by atoms with Gasteiger partial charge in [0.1, 0.15) is 11.6 Å². The Morgan fingerprint density at radius 1 is 1.22 bits per heavy atom. The minimum atomic E-state index is -0.267. The molecule has 5 heteroatoms. The van der Waals surface area contributed by atoms with Crippen LogP contribution >= 0.6 is 11.6 Å². The molecule has 0 atom stereocenters. The van der Waals surface area contributed by atoms with Crippen molar-refractivity contribution in [1.29, 1.82) is 0 Å². The molecular weight excluding hydrogens is 253 g/mol. The van der Waals surface area contributed by atoms with Gasteiger partial charge in [-0.25, -0.2) is 4.39 Å². The maximum atomic E-state index is 13.6. The third kappa shape index (κ3) is 2.25. The number of aromatic nitrogens is 3. The van der Waals surface area contributed by atoms with Crippen molar-refractivity contribution in [2.24, 2.45) is 0 Å². The first kappa shape index (κ1) is 13.0. The van der Waals surface area contributed by atoms with Crippen LogP contribution in [0.25, 0.3) is 5.69 Å². The fraction of sp³-hybridized carbons (Fsp3) is 0.385. The van der Waals surface area contributed by atoms with E-state index in [1.54, 1.807) is 17.6 Å². The number of aryl methyl sites for hydroxylation is 1. The summed E-state index contributed by atoms with van der Waals surface area (Å²) in [6, 6.07) is 4.97. The lowest BCUT2D eigenvalue weighted by Crippen LogP contribution is -2.18. The van der Waals surface area contributed by atoms with Crippen LogP contribution in [0, 0.1) is 12.7 Å². The fourth-order valence-electron chi connectivity index (χ4n) is 1.70. The van der Waals surface area contributed by atoms with Crippen molar-refractivity contribution >= 4 is 11.6 Å². The first-order chi connectivity index (χ1) is 8.30. The van der Waals surface area contributed by atoms with Crippen LogP contribution in [-0.4, -0.2) is 14.8 Å². The van der Waals surface area contributed by atoms with Crippen LogP contribution < -0.4 is 0 Å². The lowest BCUT2D eigenvalue weighted by atomic mass is 9.95. The Morgan fingerprint density at radius 3 is 2.44 bits per heavy atom. The summed E-state index contributed by atoms with van der Waals surface area (Å²) in [6.07, 6.45) is 0. The number of nitrogens with zero attached hydrogens (tertiary/aromatic N) is 3. The third-order valence-corrected chi connectivity index (χ3v) is 2.95. The van der Waals surface area contributed by atoms with E-state index >= 15 is 0 Å². The van der Waals surface area contributed by atoms with Gasteiger partial charge in [0.25, 0.3) is 0 Å². The summed E-state index contributed by atoms with van der Waals surface area (Å²) in [5.41, 5.74) is 1.01. The monoisotopic (exact) mass is 267 g/mol. The summed E-state index contributed by atoms with van der Waals surface area (Å²) in [6.45, 7) is 7.74. The van der Waals surface area contributed by atoms with Gasteiger partial charge in [-0.1, -0.05) is 26.8 Å². The van der Waals surface area contributed by atoms with Crippen molar-refractivity contribution < 1.29 is 4.39 Å². The van der Waals surface area contributed by atoms with Crippen LogP contribution in [0.4, 0.5) is 4.39 Å². The van der Waals surface area contributed by atoms with Crippen molar-refractivity contribution in [3.8, 4) is 5.69 Å². The van der Waals surface area contributed by atoms with E-state index in [4.69, 9.17) is 11.6 Å². The zero-order chi connectivity index (χ0) is 13.5. The lowest BCUT2D eigenvalue weighted by molar-refractivity contribution is 0.532. The predicted molar refractivity (Wildman–Crippen MR) is 69.8 cm³/mol. The molecule has 0 spiro atoms. The average molecular weight is 268 g/mol. The van der Waals surface area contributed by atoms with E-state index < -0.39 is 0 Å². The van der Waals surface area contributed by atoms with E-state index in [-0.39, 0.29) is 16.5 Å². The van der Waals surface area contributed by atoms with Gasteiger partial charge < -0.3 is 0 Å². The maximum absolute atomic E-state index is 13.6. The van der Waals surface area contributed by atoms with E-state index in [0.29, 0.717) is 17.1 Å². The van der Waals surface area contributed by atoms with Gasteiger partial charge in [-0.15, -0.1) is 10.2 Å². The molecule has 18 heavy (non-hydrogen) atoms. The largest absolute Gasteiger partial charge is 0.269 e. The Bertz CT molecular complexity index is 584. The molecule has 96 valence electrons. The van der Waals surface area contributed by atoms with Crippen LogP contribution in [0.3, 0.4) is 0 Å². The summed E-state index contributed by atoms with van der Waals surface area (Å²) in [5.74, 6) is 0.438. The van der Waals surface area contributed by atoms with Gasteiger partial charge in [-0.2, -0.15) is 0 Å². The quantitative estimate of drug-likeness (QED) is 0.789. The van der Waals surface area contributed by atoms with Gasteiger partial charge in [0.15, 0.2) is 0 Å². The Morgan fingerprint density at radius 2 is 1.89 bits per heavy atom. The molecule has 0 fully saturated rings. The molecule has 0 saturated heterocycles. The predicted octanol–water partition coefficient (Wildman–Crippen LogP) is 3.67. The van der Waals surface area contributed by atoms with Crippen molar-refractivity contribution in [1.82, 2.24) is 14.8 Å². The third-order valence-electron chi connectivity index (χ3n) is 2.71. The van der Waals surface area contributed by atoms with E-state index in [9.17, 15) is 4.39 Å². The Balaban J connectivity index is 2.63. The highest BCUT2D eigenvalue weighted by atomic mass is 35.5. The second-order valence-electron chi connectivity index (χ2n) is 5.31. The Kier molecular flexibility index (Phi) is 3.15. The first-order valence-corrected chi connectivity index (χ1v) is 6.06. The standard InChI is InChI=1S/C13H15ClFN3/c1-8-5-6-9(7-10(8)15)18-11(13(2,3)4)16-17-12(18)14/h5-7H,1-4H3. The van der Waals surface area contributed by atoms with Crippen LogP contribution in [0.2, 0.25) is 5.28 Å². The van der Waals surface area contributed by atoms with E-state index in [0.717, 1.165) is 0 Å². The zero-order valence-corrected chi connectivity index (χ0v) is 11.6. The number of halogens is 2.